The van der Waals surface area contributed by atoms with E-state index in [0.29, 0.717) is 6.61 Å². The van der Waals surface area contributed by atoms with E-state index < -0.39 is 11.8 Å². The molecule has 1 heterocycles. The van der Waals surface area contributed by atoms with Crippen molar-refractivity contribution in [1.29, 1.82) is 0 Å². The minimum absolute atomic E-state index is 0.0634. The molecule has 0 fully saturated rings. The number of hydrogen-bond acceptors (Lipinski definition) is 4. The van der Waals surface area contributed by atoms with Crippen LogP contribution in [-0.4, -0.2) is 24.7 Å². The van der Waals surface area contributed by atoms with Gasteiger partial charge in [0.25, 0.3) is 0 Å². The van der Waals surface area contributed by atoms with E-state index in [1.165, 1.54) is 13.3 Å². The van der Waals surface area contributed by atoms with Crippen molar-refractivity contribution in [3.8, 4) is 5.88 Å². The van der Waals surface area contributed by atoms with Crippen LogP contribution in [0.1, 0.15) is 17.3 Å². The zero-order valence-electron chi connectivity index (χ0n) is 7.91. The van der Waals surface area contributed by atoms with E-state index in [1.807, 2.05) is 0 Å². The second-order valence-electron chi connectivity index (χ2n) is 2.44. The molecular formula is C9H10FNO3. The fraction of sp³-hybridized carbons (Fsp3) is 0.333. The number of halogens is 1. The van der Waals surface area contributed by atoms with Crippen molar-refractivity contribution >= 4 is 5.97 Å². The lowest BCUT2D eigenvalue weighted by molar-refractivity contribution is 0.0599. The molecule has 0 aliphatic carbocycles. The average Bonchev–Trinajstić information content (AvgIpc) is 2.20. The number of pyridine rings is 1. The molecule has 14 heavy (non-hydrogen) atoms. The van der Waals surface area contributed by atoms with Gasteiger partial charge in [-0.3, -0.25) is 0 Å². The van der Waals surface area contributed by atoms with Gasteiger partial charge in [0.1, 0.15) is 0 Å². The van der Waals surface area contributed by atoms with Crippen LogP contribution in [0.2, 0.25) is 0 Å². The highest BCUT2D eigenvalue weighted by Crippen LogP contribution is 2.14. The van der Waals surface area contributed by atoms with Crippen molar-refractivity contribution in [1.82, 2.24) is 4.98 Å². The molecule has 0 bridgehead atoms. The summed E-state index contributed by atoms with van der Waals surface area (Å²) in [5.74, 6) is -1.41. The molecule has 0 aliphatic rings. The molecule has 0 amide bonds. The Hall–Kier alpha value is -1.65. The number of hydrogen-bond donors (Lipinski definition) is 0. The van der Waals surface area contributed by atoms with Gasteiger partial charge in [0.05, 0.1) is 19.3 Å². The lowest BCUT2D eigenvalue weighted by Gasteiger charge is -2.04. The smallest absolute Gasteiger partial charge is 0.339 e. The number of aromatic nitrogens is 1. The van der Waals surface area contributed by atoms with E-state index in [-0.39, 0.29) is 11.4 Å². The first kappa shape index (κ1) is 10.4. The Labute approximate surface area is 80.7 Å². The van der Waals surface area contributed by atoms with Gasteiger partial charge in [-0.05, 0) is 13.0 Å². The molecule has 0 aromatic carbocycles. The van der Waals surface area contributed by atoms with Gasteiger partial charge in [-0.25, -0.2) is 14.2 Å². The Morgan fingerprint density at radius 1 is 1.64 bits per heavy atom. The van der Waals surface area contributed by atoms with Crippen LogP contribution in [0.15, 0.2) is 12.3 Å². The summed E-state index contributed by atoms with van der Waals surface area (Å²) in [6, 6.07) is 1.03. The third-order valence-corrected chi connectivity index (χ3v) is 1.51. The highest BCUT2D eigenvalue weighted by atomic mass is 19.1. The van der Waals surface area contributed by atoms with Crippen LogP contribution in [0.25, 0.3) is 0 Å². The van der Waals surface area contributed by atoms with Crippen molar-refractivity contribution in [3.63, 3.8) is 0 Å². The second kappa shape index (κ2) is 4.55. The molecule has 1 rings (SSSR count). The lowest BCUT2D eigenvalue weighted by Crippen LogP contribution is -2.04. The van der Waals surface area contributed by atoms with Crippen molar-refractivity contribution in [3.05, 3.63) is 23.6 Å². The summed E-state index contributed by atoms with van der Waals surface area (Å²) in [7, 11) is 1.22. The number of carbonyl (C=O) groups is 1. The molecule has 4 nitrogen and oxygen atoms in total. The molecule has 0 N–H and O–H groups in total. The predicted octanol–water partition coefficient (Wildman–Crippen LogP) is 1.41. The third-order valence-electron chi connectivity index (χ3n) is 1.51. The average molecular weight is 199 g/mol. The van der Waals surface area contributed by atoms with Gasteiger partial charge in [0, 0.05) is 6.20 Å². The maximum atomic E-state index is 13.1. The lowest BCUT2D eigenvalue weighted by atomic mass is 10.3. The van der Waals surface area contributed by atoms with E-state index in [9.17, 15) is 9.18 Å². The van der Waals surface area contributed by atoms with Crippen LogP contribution in [0.3, 0.4) is 0 Å². The molecule has 0 spiro atoms. The van der Waals surface area contributed by atoms with Gasteiger partial charge in [-0.1, -0.05) is 0 Å². The summed E-state index contributed by atoms with van der Waals surface area (Å²) >= 11 is 0. The SMILES string of the molecule is CCOc1ncc(C(=O)OC)cc1F. The molecule has 0 saturated carbocycles. The van der Waals surface area contributed by atoms with E-state index in [1.54, 1.807) is 6.92 Å². The molecule has 0 saturated heterocycles. The van der Waals surface area contributed by atoms with E-state index in [4.69, 9.17) is 4.74 Å². The first-order valence-corrected chi connectivity index (χ1v) is 4.05. The van der Waals surface area contributed by atoms with Crippen LogP contribution in [0, 0.1) is 5.82 Å². The zero-order valence-corrected chi connectivity index (χ0v) is 7.91. The van der Waals surface area contributed by atoms with Gasteiger partial charge < -0.3 is 9.47 Å². The normalized spacial score (nSPS) is 9.64. The number of ether oxygens (including phenoxy) is 2. The molecule has 0 atom stereocenters. The highest BCUT2D eigenvalue weighted by molar-refractivity contribution is 5.88. The summed E-state index contributed by atoms with van der Waals surface area (Å²) in [6.07, 6.45) is 1.21. The first-order chi connectivity index (χ1) is 6.69. The van der Waals surface area contributed by atoms with E-state index in [0.717, 1.165) is 6.07 Å². The van der Waals surface area contributed by atoms with Gasteiger partial charge in [-0.2, -0.15) is 0 Å². The Bertz CT molecular complexity index is 341. The predicted molar refractivity (Wildman–Crippen MR) is 46.7 cm³/mol. The quantitative estimate of drug-likeness (QED) is 0.690. The number of carbonyl (C=O) groups excluding carboxylic acids is 1. The number of rotatable bonds is 3. The number of methoxy groups -OCH3 is 1. The van der Waals surface area contributed by atoms with Crippen molar-refractivity contribution in [2.45, 2.75) is 6.92 Å². The van der Waals surface area contributed by atoms with Crippen molar-refractivity contribution in [2.24, 2.45) is 0 Å². The first-order valence-electron chi connectivity index (χ1n) is 4.05. The molecule has 1 aromatic rings. The maximum Gasteiger partial charge on any atom is 0.339 e. The maximum absolute atomic E-state index is 13.1. The molecule has 76 valence electrons. The van der Waals surface area contributed by atoms with Crippen LogP contribution in [0.4, 0.5) is 4.39 Å². The van der Waals surface area contributed by atoms with Gasteiger partial charge in [-0.15, -0.1) is 0 Å². The molecule has 0 aliphatic heterocycles. The topological polar surface area (TPSA) is 48.4 Å². The number of esters is 1. The van der Waals surface area contributed by atoms with Gasteiger partial charge >= 0.3 is 5.97 Å². The Kier molecular flexibility index (Phi) is 3.39. The Balaban J connectivity index is 2.94. The number of nitrogens with zero attached hydrogens (tertiary/aromatic N) is 1. The van der Waals surface area contributed by atoms with Gasteiger partial charge in [0.15, 0.2) is 5.82 Å². The minimum Gasteiger partial charge on any atom is -0.476 e. The van der Waals surface area contributed by atoms with Crippen LogP contribution < -0.4 is 4.74 Å². The monoisotopic (exact) mass is 199 g/mol. The molecule has 0 radical (unpaired) electrons. The van der Waals surface area contributed by atoms with E-state index in [2.05, 4.69) is 9.72 Å². The van der Waals surface area contributed by atoms with Gasteiger partial charge in [0.2, 0.25) is 5.88 Å². The minimum atomic E-state index is -0.672. The largest absolute Gasteiger partial charge is 0.476 e. The summed E-state index contributed by atoms with van der Waals surface area (Å²) in [5.41, 5.74) is 0.0634. The molecular weight excluding hydrogens is 189 g/mol. The second-order valence-corrected chi connectivity index (χ2v) is 2.44. The molecule has 5 heteroatoms. The summed E-state index contributed by atoms with van der Waals surface area (Å²) < 4.78 is 22.4. The summed E-state index contributed by atoms with van der Waals surface area (Å²) in [6.45, 7) is 2.04. The fourth-order valence-electron chi connectivity index (χ4n) is 0.898. The van der Waals surface area contributed by atoms with Crippen molar-refractivity contribution in [2.75, 3.05) is 13.7 Å². The fourth-order valence-corrected chi connectivity index (χ4v) is 0.898. The van der Waals surface area contributed by atoms with E-state index >= 15 is 0 Å². The molecule has 1 aromatic heterocycles. The Morgan fingerprint density at radius 2 is 2.36 bits per heavy atom. The van der Waals surface area contributed by atoms with Crippen molar-refractivity contribution < 1.29 is 18.7 Å². The van der Waals surface area contributed by atoms with Crippen LogP contribution in [0.5, 0.6) is 5.88 Å². The van der Waals surface area contributed by atoms with Crippen LogP contribution >= 0.6 is 0 Å². The highest BCUT2D eigenvalue weighted by Gasteiger charge is 2.11. The van der Waals surface area contributed by atoms with Crippen LogP contribution in [-0.2, 0) is 4.74 Å². The molecule has 0 unspecified atom stereocenters. The Morgan fingerprint density at radius 3 is 2.86 bits per heavy atom. The summed E-state index contributed by atoms with van der Waals surface area (Å²) in [5, 5.41) is 0. The zero-order chi connectivity index (χ0) is 10.6. The standard InChI is InChI=1S/C9H10FNO3/c1-3-14-8-7(10)4-6(5-11-8)9(12)13-2/h4-5H,3H2,1-2H3. The summed E-state index contributed by atoms with van der Waals surface area (Å²) in [4.78, 5) is 14.6. The third kappa shape index (κ3) is 2.18.